The summed E-state index contributed by atoms with van der Waals surface area (Å²) in [5.74, 6) is 2.42. The Labute approximate surface area is 239 Å². The zero-order valence-electron chi connectivity index (χ0n) is 21.1. The molecule has 0 bridgehead atoms. The van der Waals surface area contributed by atoms with E-state index in [2.05, 4.69) is 0 Å². The minimum atomic E-state index is -1.31. The molecule has 2 heterocycles. The van der Waals surface area contributed by atoms with Crippen LogP contribution in [0.5, 0.6) is 23.0 Å². The maximum atomic E-state index is 12.5. The highest BCUT2D eigenvalue weighted by Crippen LogP contribution is 2.39. The molecular weight excluding hydrogens is 560 g/mol. The van der Waals surface area contributed by atoms with Crippen molar-refractivity contribution in [2.75, 3.05) is 21.0 Å². The minimum absolute atomic E-state index is 0.000485. The van der Waals surface area contributed by atoms with E-state index in [1.165, 1.54) is 23.5 Å². The Kier molecular flexibility index (Phi) is 8.44. The number of aromatic nitrogens is 2. The molecule has 1 aliphatic heterocycles. The quantitative estimate of drug-likeness (QED) is 0.219. The molecule has 0 radical (unpaired) electrons. The largest absolute Gasteiger partial charge is 0.543 e. The Hall–Kier alpha value is -3.47. The van der Waals surface area contributed by atoms with Gasteiger partial charge in [-0.3, -0.25) is 0 Å². The number of rotatable bonds is 11. The second-order valence-electron chi connectivity index (χ2n) is 8.49. The zero-order valence-corrected chi connectivity index (χ0v) is 23.5. The molecule has 0 unspecified atom stereocenters. The van der Waals surface area contributed by atoms with Crippen LogP contribution in [0.15, 0.2) is 70.8 Å². The van der Waals surface area contributed by atoms with Crippen molar-refractivity contribution >= 4 is 41.1 Å². The van der Waals surface area contributed by atoms with Gasteiger partial charge in [0, 0.05) is 22.6 Å². The number of nitrogens with zero attached hydrogens (tertiary/aromatic N) is 2. The van der Waals surface area contributed by atoms with Gasteiger partial charge in [0.25, 0.3) is 0 Å². The van der Waals surface area contributed by atoms with Crippen LogP contribution in [0.1, 0.15) is 27.2 Å². The molecule has 0 aliphatic carbocycles. The van der Waals surface area contributed by atoms with E-state index < -0.39 is 5.97 Å². The summed E-state index contributed by atoms with van der Waals surface area (Å²) < 4.78 is 23.0. The van der Waals surface area contributed by atoms with Gasteiger partial charge in [0.2, 0.25) is 6.79 Å². The van der Waals surface area contributed by atoms with Gasteiger partial charge in [0.05, 0.1) is 32.4 Å². The molecular formula is C28H24ClN2O6S2-. The molecule has 8 nitrogen and oxygen atoms in total. The number of benzene rings is 3. The van der Waals surface area contributed by atoms with Crippen LogP contribution in [0.3, 0.4) is 0 Å². The first-order valence-electron chi connectivity index (χ1n) is 11.9. The smallest absolute Gasteiger partial charge is 0.231 e. The van der Waals surface area contributed by atoms with E-state index in [0.717, 1.165) is 22.6 Å². The van der Waals surface area contributed by atoms with Gasteiger partial charge < -0.3 is 33.4 Å². The number of halogens is 1. The monoisotopic (exact) mass is 583 g/mol. The van der Waals surface area contributed by atoms with Gasteiger partial charge in [-0.2, -0.15) is 0 Å². The molecule has 202 valence electrons. The lowest BCUT2D eigenvalue weighted by Gasteiger charge is -2.15. The highest BCUT2D eigenvalue weighted by Gasteiger charge is 2.22. The Morgan fingerprint density at radius 2 is 1.51 bits per heavy atom. The molecule has 5 rings (SSSR count). The Balaban J connectivity index is 1.47. The average molecular weight is 584 g/mol. The second kappa shape index (κ2) is 12.1. The maximum absolute atomic E-state index is 12.5. The number of thioether (sulfide) groups is 2. The molecule has 1 aromatic heterocycles. The number of carboxylic acids is 1. The van der Waals surface area contributed by atoms with Crippen LogP contribution in [0.25, 0.3) is 0 Å². The maximum Gasteiger partial charge on any atom is 0.231 e. The average Bonchev–Trinajstić information content (AvgIpc) is 3.55. The number of imidazole rings is 1. The predicted molar refractivity (Wildman–Crippen MR) is 148 cm³/mol. The number of aromatic carboxylic acids is 1. The number of hydrogen-bond donors (Lipinski definition) is 0. The van der Waals surface area contributed by atoms with Crippen molar-refractivity contribution < 1.29 is 28.8 Å². The third kappa shape index (κ3) is 6.24. The normalized spacial score (nSPS) is 12.0. The third-order valence-corrected chi connectivity index (χ3v) is 8.46. The first-order chi connectivity index (χ1) is 18.9. The molecule has 1 aliphatic rings. The van der Waals surface area contributed by atoms with Crippen LogP contribution in [0.4, 0.5) is 0 Å². The van der Waals surface area contributed by atoms with Crippen LogP contribution in [-0.4, -0.2) is 36.5 Å². The van der Waals surface area contributed by atoms with Crippen molar-refractivity contribution in [2.24, 2.45) is 0 Å². The number of carboxylic acid groups (broad SMARTS) is 1. The van der Waals surface area contributed by atoms with Crippen LogP contribution < -0.4 is 24.1 Å². The minimum Gasteiger partial charge on any atom is -0.543 e. The number of methoxy groups -OCH3 is 2. The fraction of sp³-hybridized carbons (Fsp3) is 0.214. The highest BCUT2D eigenvalue weighted by molar-refractivity contribution is 7.99. The van der Waals surface area contributed by atoms with Crippen LogP contribution in [0, 0.1) is 0 Å². The molecule has 0 N–H and O–H groups in total. The van der Waals surface area contributed by atoms with Crippen molar-refractivity contribution in [2.45, 2.75) is 28.2 Å². The van der Waals surface area contributed by atoms with Crippen LogP contribution >= 0.6 is 35.1 Å². The van der Waals surface area contributed by atoms with E-state index in [-0.39, 0.29) is 19.0 Å². The molecule has 11 heteroatoms. The lowest BCUT2D eigenvalue weighted by Crippen LogP contribution is -2.26. The van der Waals surface area contributed by atoms with Crippen molar-refractivity contribution in [3.8, 4) is 23.0 Å². The fourth-order valence-electron chi connectivity index (χ4n) is 3.96. The van der Waals surface area contributed by atoms with E-state index in [1.807, 2.05) is 48.5 Å². The Morgan fingerprint density at radius 3 is 2.08 bits per heavy atom. The van der Waals surface area contributed by atoms with Crippen molar-refractivity contribution in [1.82, 2.24) is 9.55 Å². The van der Waals surface area contributed by atoms with Crippen LogP contribution in [0.2, 0.25) is 5.02 Å². The zero-order chi connectivity index (χ0) is 27.4. The lowest BCUT2D eigenvalue weighted by atomic mass is 10.2. The Bertz CT molecular complexity index is 1480. The fourth-order valence-corrected chi connectivity index (χ4v) is 6.16. The molecule has 0 spiro atoms. The van der Waals surface area contributed by atoms with E-state index in [1.54, 1.807) is 30.9 Å². The summed E-state index contributed by atoms with van der Waals surface area (Å²) in [6.45, 7) is 0.277. The Morgan fingerprint density at radius 1 is 0.949 bits per heavy atom. The van der Waals surface area contributed by atoms with E-state index in [9.17, 15) is 9.90 Å². The topological polar surface area (TPSA) is 94.9 Å². The first kappa shape index (κ1) is 27.1. The summed E-state index contributed by atoms with van der Waals surface area (Å²) in [7, 11) is 3.23. The third-order valence-electron chi connectivity index (χ3n) is 6.03. The van der Waals surface area contributed by atoms with Crippen molar-refractivity contribution in [3.05, 3.63) is 88.1 Å². The van der Waals surface area contributed by atoms with Gasteiger partial charge in [0.15, 0.2) is 16.7 Å². The molecule has 0 saturated carbocycles. The summed E-state index contributed by atoms with van der Waals surface area (Å²) in [5, 5.41) is 13.8. The second-order valence-corrected chi connectivity index (χ2v) is 10.8. The molecule has 39 heavy (non-hydrogen) atoms. The predicted octanol–water partition coefficient (Wildman–Crippen LogP) is 5.28. The summed E-state index contributed by atoms with van der Waals surface area (Å²) >= 11 is 9.32. The number of ether oxygens (including phenoxy) is 4. The van der Waals surface area contributed by atoms with Crippen molar-refractivity contribution in [1.29, 1.82) is 0 Å². The SMILES string of the molecule is COc1ccc(CSc2nc(SCc3ccc(OC)cc3)n(Cc3cc4c(cc3Cl)OCO4)c2C(=O)[O-])cc1. The summed E-state index contributed by atoms with van der Waals surface area (Å²) in [6.07, 6.45) is 0. The van der Waals surface area contributed by atoms with Gasteiger partial charge in [-0.1, -0.05) is 59.4 Å². The van der Waals surface area contributed by atoms with E-state index in [0.29, 0.717) is 43.8 Å². The summed E-state index contributed by atoms with van der Waals surface area (Å²) in [6, 6.07) is 18.8. The van der Waals surface area contributed by atoms with Crippen LogP contribution in [-0.2, 0) is 18.1 Å². The summed E-state index contributed by atoms with van der Waals surface area (Å²) in [4.78, 5) is 17.2. The summed E-state index contributed by atoms with van der Waals surface area (Å²) in [5.41, 5.74) is 2.73. The lowest BCUT2D eigenvalue weighted by molar-refractivity contribution is -0.256. The van der Waals surface area contributed by atoms with Crippen molar-refractivity contribution in [3.63, 3.8) is 0 Å². The van der Waals surface area contributed by atoms with Gasteiger partial charge in [-0.05, 0) is 47.0 Å². The molecule has 0 amide bonds. The highest BCUT2D eigenvalue weighted by atomic mass is 35.5. The number of carbonyl (C=O) groups is 1. The molecule has 4 aromatic rings. The van der Waals surface area contributed by atoms with Gasteiger partial charge in [-0.15, -0.1) is 0 Å². The molecule has 3 aromatic carbocycles. The molecule has 0 saturated heterocycles. The molecule has 0 fully saturated rings. The van der Waals surface area contributed by atoms with E-state index >= 15 is 0 Å². The van der Waals surface area contributed by atoms with Gasteiger partial charge in [0.1, 0.15) is 16.5 Å². The van der Waals surface area contributed by atoms with Gasteiger partial charge in [-0.25, -0.2) is 4.98 Å². The number of hydrogen-bond acceptors (Lipinski definition) is 9. The molecule has 0 atom stereocenters. The van der Waals surface area contributed by atoms with Gasteiger partial charge >= 0.3 is 0 Å². The number of fused-ring (bicyclic) bond motifs is 1. The number of carbonyl (C=O) groups excluding carboxylic acids is 1. The van der Waals surface area contributed by atoms with E-state index in [4.69, 9.17) is 35.5 Å². The first-order valence-corrected chi connectivity index (χ1v) is 14.2. The standard InChI is InChI=1S/C28H25ClN2O6S2/c1-34-20-7-3-17(4-8-20)14-38-26-25(27(32)33)31(13-19-11-23-24(12-22(19)29)37-16-36-23)28(30-26)39-15-18-5-9-21(35-2)10-6-18/h3-12H,13-16H2,1-2H3,(H,32,33)/p-1.